The van der Waals surface area contributed by atoms with E-state index in [0.717, 1.165) is 12.8 Å². The Morgan fingerprint density at radius 2 is 2.31 bits per heavy atom. The van der Waals surface area contributed by atoms with Crippen LogP contribution >= 0.6 is 0 Å². The zero-order valence-corrected chi connectivity index (χ0v) is 7.58. The van der Waals surface area contributed by atoms with E-state index in [1.165, 1.54) is 0 Å². The van der Waals surface area contributed by atoms with Gasteiger partial charge < -0.3 is 5.32 Å². The lowest BCUT2D eigenvalue weighted by Gasteiger charge is -2.08. The molecule has 1 N–H and O–H groups in total. The first-order valence-corrected chi connectivity index (χ1v) is 4.43. The van der Waals surface area contributed by atoms with Crippen molar-refractivity contribution in [3.63, 3.8) is 0 Å². The van der Waals surface area contributed by atoms with Gasteiger partial charge in [0.1, 0.15) is 5.82 Å². The summed E-state index contributed by atoms with van der Waals surface area (Å²) in [5, 5.41) is 2.79. The fourth-order valence-corrected chi connectivity index (χ4v) is 1.12. The van der Waals surface area contributed by atoms with Crippen LogP contribution in [0.25, 0.3) is 0 Å². The van der Waals surface area contributed by atoms with E-state index in [-0.39, 0.29) is 11.3 Å². The van der Waals surface area contributed by atoms with Crippen LogP contribution in [0.4, 0.5) is 5.82 Å². The first kappa shape index (κ1) is 8.23. The standard InChI is InChI=1S/C10H12N2O/c1-10(5-6-10)9(13)12-8-4-2-3-7-11-8/h2-4,7H,5-6H2,1H3,(H,11,12,13). The van der Waals surface area contributed by atoms with Crippen molar-refractivity contribution >= 4 is 11.7 Å². The molecule has 1 saturated carbocycles. The number of nitrogens with zero attached hydrogens (tertiary/aromatic N) is 1. The molecule has 1 amide bonds. The minimum atomic E-state index is -0.127. The van der Waals surface area contributed by atoms with Crippen molar-refractivity contribution in [2.75, 3.05) is 5.32 Å². The molecule has 0 atom stereocenters. The molecule has 68 valence electrons. The third kappa shape index (κ3) is 1.69. The Morgan fingerprint density at radius 3 is 2.85 bits per heavy atom. The summed E-state index contributed by atoms with van der Waals surface area (Å²) in [7, 11) is 0. The SMILES string of the molecule is CC1(C(=O)Nc2ccccn2)CC1. The maximum absolute atomic E-state index is 11.5. The number of carbonyl (C=O) groups is 1. The van der Waals surface area contributed by atoms with E-state index in [1.54, 1.807) is 12.3 Å². The maximum atomic E-state index is 11.5. The second-order valence-corrected chi connectivity index (χ2v) is 3.73. The molecule has 0 aliphatic heterocycles. The molecule has 0 bridgehead atoms. The third-order valence-corrected chi connectivity index (χ3v) is 2.45. The molecule has 1 aliphatic carbocycles. The number of hydrogen-bond acceptors (Lipinski definition) is 2. The molecule has 0 spiro atoms. The predicted molar refractivity (Wildman–Crippen MR) is 50.2 cm³/mol. The molecule has 0 unspecified atom stereocenters. The van der Waals surface area contributed by atoms with Crippen molar-refractivity contribution in [1.82, 2.24) is 4.98 Å². The van der Waals surface area contributed by atoms with Crippen LogP contribution in [0.3, 0.4) is 0 Å². The molecule has 1 heterocycles. The van der Waals surface area contributed by atoms with Crippen LogP contribution in [-0.2, 0) is 4.79 Å². The van der Waals surface area contributed by atoms with E-state index in [9.17, 15) is 4.79 Å². The molecular formula is C10H12N2O. The lowest BCUT2D eigenvalue weighted by molar-refractivity contribution is -0.120. The molecule has 1 aromatic heterocycles. The Morgan fingerprint density at radius 1 is 1.54 bits per heavy atom. The molecule has 2 rings (SSSR count). The Kier molecular flexibility index (Phi) is 1.79. The number of pyridine rings is 1. The third-order valence-electron chi connectivity index (χ3n) is 2.45. The van der Waals surface area contributed by atoms with Gasteiger partial charge in [-0.2, -0.15) is 0 Å². The molecule has 0 radical (unpaired) electrons. The molecular weight excluding hydrogens is 164 g/mol. The van der Waals surface area contributed by atoms with Gasteiger partial charge >= 0.3 is 0 Å². The van der Waals surface area contributed by atoms with Crippen LogP contribution in [-0.4, -0.2) is 10.9 Å². The highest BCUT2D eigenvalue weighted by Gasteiger charge is 2.44. The second kappa shape index (κ2) is 2.83. The molecule has 0 saturated heterocycles. The number of amides is 1. The van der Waals surface area contributed by atoms with E-state index in [0.29, 0.717) is 5.82 Å². The average Bonchev–Trinajstić information content (AvgIpc) is 2.87. The van der Waals surface area contributed by atoms with E-state index in [4.69, 9.17) is 0 Å². The number of hydrogen-bond donors (Lipinski definition) is 1. The highest BCUT2D eigenvalue weighted by atomic mass is 16.2. The monoisotopic (exact) mass is 176 g/mol. The quantitative estimate of drug-likeness (QED) is 0.746. The molecule has 1 aliphatic rings. The zero-order chi connectivity index (χ0) is 9.31. The van der Waals surface area contributed by atoms with Gasteiger partial charge in [-0.1, -0.05) is 13.0 Å². The number of rotatable bonds is 2. The van der Waals surface area contributed by atoms with Crippen molar-refractivity contribution in [2.24, 2.45) is 5.41 Å². The van der Waals surface area contributed by atoms with Crippen molar-refractivity contribution in [3.8, 4) is 0 Å². The summed E-state index contributed by atoms with van der Waals surface area (Å²) in [5.74, 6) is 0.729. The van der Waals surface area contributed by atoms with Crippen LogP contribution in [0, 0.1) is 5.41 Å². The van der Waals surface area contributed by atoms with E-state index < -0.39 is 0 Å². The van der Waals surface area contributed by atoms with Crippen molar-refractivity contribution in [1.29, 1.82) is 0 Å². The summed E-state index contributed by atoms with van der Waals surface area (Å²) in [6.07, 6.45) is 3.65. The van der Waals surface area contributed by atoms with Gasteiger partial charge in [-0.3, -0.25) is 4.79 Å². The average molecular weight is 176 g/mol. The first-order chi connectivity index (χ1) is 6.21. The Balaban J connectivity index is 2.03. The minimum absolute atomic E-state index is 0.0891. The highest BCUT2D eigenvalue weighted by molar-refractivity contribution is 5.96. The van der Waals surface area contributed by atoms with E-state index >= 15 is 0 Å². The maximum Gasteiger partial charge on any atom is 0.231 e. The predicted octanol–water partition coefficient (Wildman–Crippen LogP) is 1.82. The zero-order valence-electron chi connectivity index (χ0n) is 7.58. The molecule has 13 heavy (non-hydrogen) atoms. The number of anilines is 1. The normalized spacial score (nSPS) is 17.9. The summed E-state index contributed by atoms with van der Waals surface area (Å²) in [6, 6.07) is 5.48. The topological polar surface area (TPSA) is 42.0 Å². The summed E-state index contributed by atoms with van der Waals surface area (Å²) in [5.41, 5.74) is -0.127. The summed E-state index contributed by atoms with van der Waals surface area (Å²) in [6.45, 7) is 1.98. The number of carbonyl (C=O) groups excluding carboxylic acids is 1. The largest absolute Gasteiger partial charge is 0.310 e. The van der Waals surface area contributed by atoms with Gasteiger partial charge in [-0.25, -0.2) is 4.98 Å². The Hall–Kier alpha value is -1.38. The highest BCUT2D eigenvalue weighted by Crippen LogP contribution is 2.45. The lowest BCUT2D eigenvalue weighted by atomic mass is 10.1. The van der Waals surface area contributed by atoms with Crippen molar-refractivity contribution < 1.29 is 4.79 Å². The van der Waals surface area contributed by atoms with Gasteiger partial charge in [0.25, 0.3) is 0 Å². The van der Waals surface area contributed by atoms with Crippen LogP contribution in [0.1, 0.15) is 19.8 Å². The summed E-state index contributed by atoms with van der Waals surface area (Å²) < 4.78 is 0. The fraction of sp³-hybridized carbons (Fsp3) is 0.400. The molecule has 3 nitrogen and oxygen atoms in total. The molecule has 3 heteroatoms. The fourth-order valence-electron chi connectivity index (χ4n) is 1.12. The van der Waals surface area contributed by atoms with Crippen LogP contribution in [0.15, 0.2) is 24.4 Å². The number of nitrogens with one attached hydrogen (secondary N) is 1. The smallest absolute Gasteiger partial charge is 0.231 e. The molecule has 0 aromatic carbocycles. The van der Waals surface area contributed by atoms with Crippen molar-refractivity contribution in [2.45, 2.75) is 19.8 Å². The Bertz CT molecular complexity index is 317. The van der Waals surface area contributed by atoms with Gasteiger partial charge in [-0.15, -0.1) is 0 Å². The summed E-state index contributed by atoms with van der Waals surface area (Å²) >= 11 is 0. The van der Waals surface area contributed by atoms with E-state index in [2.05, 4.69) is 10.3 Å². The first-order valence-electron chi connectivity index (χ1n) is 4.43. The number of aromatic nitrogens is 1. The Labute approximate surface area is 77.2 Å². The van der Waals surface area contributed by atoms with Gasteiger partial charge in [0, 0.05) is 11.6 Å². The minimum Gasteiger partial charge on any atom is -0.310 e. The van der Waals surface area contributed by atoms with Gasteiger partial charge in [0.2, 0.25) is 5.91 Å². The van der Waals surface area contributed by atoms with E-state index in [1.807, 2.05) is 19.1 Å². The van der Waals surface area contributed by atoms with Gasteiger partial charge in [0.15, 0.2) is 0 Å². The van der Waals surface area contributed by atoms with Crippen molar-refractivity contribution in [3.05, 3.63) is 24.4 Å². The summed E-state index contributed by atoms with van der Waals surface area (Å²) in [4.78, 5) is 15.6. The second-order valence-electron chi connectivity index (χ2n) is 3.73. The molecule has 1 fully saturated rings. The lowest BCUT2D eigenvalue weighted by Crippen LogP contribution is -2.21. The molecule has 1 aromatic rings. The van der Waals surface area contributed by atoms with Crippen LogP contribution in [0.2, 0.25) is 0 Å². The van der Waals surface area contributed by atoms with Gasteiger partial charge in [0.05, 0.1) is 0 Å². The van der Waals surface area contributed by atoms with Crippen LogP contribution in [0.5, 0.6) is 0 Å². The van der Waals surface area contributed by atoms with Crippen LogP contribution < -0.4 is 5.32 Å². The van der Waals surface area contributed by atoms with Gasteiger partial charge in [-0.05, 0) is 25.0 Å².